The standard InChI is InChI=1S/C18H20N2O3/c1-13-6-8-15(9-7-13)19-17(21)11-23-12-18(22)20-16-5-3-4-14(2)10-16/h3-10H,11-12H2,1-2H3,(H,19,21)(H,20,22). The van der Waals surface area contributed by atoms with E-state index >= 15 is 0 Å². The third-order valence-corrected chi connectivity index (χ3v) is 3.10. The molecular weight excluding hydrogens is 292 g/mol. The van der Waals surface area contributed by atoms with Crippen molar-refractivity contribution >= 4 is 23.2 Å². The van der Waals surface area contributed by atoms with Crippen molar-refractivity contribution in [3.05, 3.63) is 59.7 Å². The summed E-state index contributed by atoms with van der Waals surface area (Å²) in [5, 5.41) is 5.42. The Morgan fingerprint density at radius 2 is 1.43 bits per heavy atom. The van der Waals surface area contributed by atoms with Crippen LogP contribution in [0.4, 0.5) is 11.4 Å². The van der Waals surface area contributed by atoms with E-state index in [1.807, 2.05) is 56.3 Å². The summed E-state index contributed by atoms with van der Waals surface area (Å²) in [6.45, 7) is 3.58. The number of rotatable bonds is 6. The van der Waals surface area contributed by atoms with Gasteiger partial charge in [0.15, 0.2) is 0 Å². The Labute approximate surface area is 135 Å². The Morgan fingerprint density at radius 1 is 0.826 bits per heavy atom. The number of anilines is 2. The maximum atomic E-state index is 11.7. The maximum Gasteiger partial charge on any atom is 0.250 e. The highest BCUT2D eigenvalue weighted by Crippen LogP contribution is 2.09. The Bertz CT molecular complexity index is 681. The number of hydrogen-bond donors (Lipinski definition) is 2. The first kappa shape index (κ1) is 16.7. The molecule has 2 aromatic carbocycles. The summed E-state index contributed by atoms with van der Waals surface area (Å²) in [6, 6.07) is 14.9. The van der Waals surface area contributed by atoms with Gasteiger partial charge in [-0.1, -0.05) is 29.8 Å². The fraction of sp³-hybridized carbons (Fsp3) is 0.222. The average Bonchev–Trinajstić information content (AvgIpc) is 2.49. The van der Waals surface area contributed by atoms with Crippen molar-refractivity contribution in [3.63, 3.8) is 0 Å². The van der Waals surface area contributed by atoms with Crippen LogP contribution in [0.1, 0.15) is 11.1 Å². The van der Waals surface area contributed by atoms with Crippen LogP contribution < -0.4 is 10.6 Å². The number of hydrogen-bond acceptors (Lipinski definition) is 3. The molecule has 2 N–H and O–H groups in total. The molecule has 23 heavy (non-hydrogen) atoms. The fourth-order valence-electron chi connectivity index (χ4n) is 1.99. The Morgan fingerprint density at radius 3 is 2.04 bits per heavy atom. The smallest absolute Gasteiger partial charge is 0.250 e. The molecule has 120 valence electrons. The molecule has 0 radical (unpaired) electrons. The highest BCUT2D eigenvalue weighted by atomic mass is 16.5. The molecule has 0 unspecified atom stereocenters. The zero-order chi connectivity index (χ0) is 16.7. The van der Waals surface area contributed by atoms with E-state index in [9.17, 15) is 9.59 Å². The van der Waals surface area contributed by atoms with Gasteiger partial charge in [0.25, 0.3) is 0 Å². The largest absolute Gasteiger partial charge is 0.362 e. The second-order valence-electron chi connectivity index (χ2n) is 5.32. The van der Waals surface area contributed by atoms with Gasteiger partial charge in [-0.15, -0.1) is 0 Å². The molecule has 0 spiro atoms. The highest BCUT2D eigenvalue weighted by molar-refractivity contribution is 5.93. The lowest BCUT2D eigenvalue weighted by atomic mass is 10.2. The molecule has 5 nitrogen and oxygen atoms in total. The molecular formula is C18H20N2O3. The van der Waals surface area contributed by atoms with E-state index in [0.717, 1.165) is 11.1 Å². The molecule has 0 aliphatic rings. The Hall–Kier alpha value is -2.66. The van der Waals surface area contributed by atoms with Crippen LogP contribution in [0.15, 0.2) is 48.5 Å². The molecule has 0 aliphatic heterocycles. The molecule has 0 heterocycles. The van der Waals surface area contributed by atoms with Crippen LogP contribution in [0.25, 0.3) is 0 Å². The number of aryl methyl sites for hydroxylation is 2. The van der Waals surface area contributed by atoms with Crippen molar-refractivity contribution in [1.29, 1.82) is 0 Å². The quantitative estimate of drug-likeness (QED) is 0.862. The molecule has 0 atom stereocenters. The van der Waals surface area contributed by atoms with E-state index in [1.54, 1.807) is 6.07 Å². The molecule has 0 saturated carbocycles. The summed E-state index contributed by atoms with van der Waals surface area (Å²) in [6.07, 6.45) is 0. The Balaban J connectivity index is 1.70. The first-order valence-electron chi connectivity index (χ1n) is 7.34. The van der Waals surface area contributed by atoms with Gasteiger partial charge in [0, 0.05) is 11.4 Å². The van der Waals surface area contributed by atoms with Gasteiger partial charge in [-0.05, 0) is 43.7 Å². The fourth-order valence-corrected chi connectivity index (χ4v) is 1.99. The third kappa shape index (κ3) is 5.92. The van der Waals surface area contributed by atoms with E-state index in [2.05, 4.69) is 10.6 Å². The molecule has 2 rings (SSSR count). The van der Waals surface area contributed by atoms with Crippen LogP contribution in [-0.2, 0) is 14.3 Å². The molecule has 2 aromatic rings. The average molecular weight is 312 g/mol. The van der Waals surface area contributed by atoms with E-state index in [1.165, 1.54) is 0 Å². The normalized spacial score (nSPS) is 10.2. The first-order chi connectivity index (χ1) is 11.0. The first-order valence-corrected chi connectivity index (χ1v) is 7.34. The highest BCUT2D eigenvalue weighted by Gasteiger charge is 2.06. The van der Waals surface area contributed by atoms with Gasteiger partial charge in [-0.3, -0.25) is 9.59 Å². The minimum Gasteiger partial charge on any atom is -0.362 e. The van der Waals surface area contributed by atoms with Crippen molar-refractivity contribution in [2.24, 2.45) is 0 Å². The molecule has 0 aromatic heterocycles. The van der Waals surface area contributed by atoms with Crippen molar-refractivity contribution in [2.75, 3.05) is 23.8 Å². The molecule has 0 aliphatic carbocycles. The summed E-state index contributed by atoms with van der Waals surface area (Å²) in [5.74, 6) is -0.587. The number of benzene rings is 2. The van der Waals surface area contributed by atoms with Gasteiger partial charge in [0.1, 0.15) is 13.2 Å². The van der Waals surface area contributed by atoms with Crippen LogP contribution >= 0.6 is 0 Å². The number of carbonyl (C=O) groups excluding carboxylic acids is 2. The number of carbonyl (C=O) groups is 2. The summed E-state index contributed by atoms with van der Waals surface area (Å²) in [5.41, 5.74) is 3.59. The number of amides is 2. The number of nitrogens with one attached hydrogen (secondary N) is 2. The van der Waals surface area contributed by atoms with Crippen molar-refractivity contribution in [2.45, 2.75) is 13.8 Å². The minimum absolute atomic E-state index is 0.171. The van der Waals surface area contributed by atoms with Crippen LogP contribution in [-0.4, -0.2) is 25.0 Å². The van der Waals surface area contributed by atoms with Gasteiger partial charge in [0.2, 0.25) is 11.8 Å². The van der Waals surface area contributed by atoms with Gasteiger partial charge in [-0.25, -0.2) is 0 Å². The summed E-state index contributed by atoms with van der Waals surface area (Å²) < 4.78 is 5.13. The van der Waals surface area contributed by atoms with Crippen LogP contribution in [0, 0.1) is 13.8 Å². The minimum atomic E-state index is -0.294. The van der Waals surface area contributed by atoms with Gasteiger partial charge in [0.05, 0.1) is 0 Å². The van der Waals surface area contributed by atoms with Crippen LogP contribution in [0.5, 0.6) is 0 Å². The monoisotopic (exact) mass is 312 g/mol. The lowest BCUT2D eigenvalue weighted by Crippen LogP contribution is -2.23. The molecule has 2 amide bonds. The summed E-state index contributed by atoms with van der Waals surface area (Å²) >= 11 is 0. The summed E-state index contributed by atoms with van der Waals surface area (Å²) in [4.78, 5) is 23.4. The molecule has 0 saturated heterocycles. The van der Waals surface area contributed by atoms with E-state index in [0.29, 0.717) is 11.4 Å². The summed E-state index contributed by atoms with van der Waals surface area (Å²) in [7, 11) is 0. The predicted octanol–water partition coefficient (Wildman–Crippen LogP) is 2.90. The lowest BCUT2D eigenvalue weighted by Gasteiger charge is -2.08. The van der Waals surface area contributed by atoms with E-state index < -0.39 is 0 Å². The van der Waals surface area contributed by atoms with Gasteiger partial charge >= 0.3 is 0 Å². The van der Waals surface area contributed by atoms with Crippen molar-refractivity contribution in [1.82, 2.24) is 0 Å². The zero-order valence-corrected chi connectivity index (χ0v) is 13.3. The Kier molecular flexibility index (Phi) is 5.88. The predicted molar refractivity (Wildman–Crippen MR) is 90.4 cm³/mol. The van der Waals surface area contributed by atoms with Gasteiger partial charge in [-0.2, -0.15) is 0 Å². The van der Waals surface area contributed by atoms with E-state index in [4.69, 9.17) is 4.74 Å². The lowest BCUT2D eigenvalue weighted by molar-refractivity contribution is -0.125. The third-order valence-electron chi connectivity index (χ3n) is 3.10. The maximum absolute atomic E-state index is 11.7. The van der Waals surface area contributed by atoms with Crippen molar-refractivity contribution < 1.29 is 14.3 Å². The van der Waals surface area contributed by atoms with Crippen LogP contribution in [0.2, 0.25) is 0 Å². The topological polar surface area (TPSA) is 67.4 Å². The second-order valence-corrected chi connectivity index (χ2v) is 5.32. The molecule has 0 fully saturated rings. The molecule has 5 heteroatoms. The molecule has 0 bridgehead atoms. The zero-order valence-electron chi connectivity index (χ0n) is 13.3. The van der Waals surface area contributed by atoms with Gasteiger partial charge < -0.3 is 15.4 Å². The number of ether oxygens (including phenoxy) is 1. The van der Waals surface area contributed by atoms with Crippen LogP contribution in [0.3, 0.4) is 0 Å². The second kappa shape index (κ2) is 8.10. The van der Waals surface area contributed by atoms with E-state index in [-0.39, 0.29) is 25.0 Å². The van der Waals surface area contributed by atoms with Crippen molar-refractivity contribution in [3.8, 4) is 0 Å². The SMILES string of the molecule is Cc1ccc(NC(=O)COCC(=O)Nc2cccc(C)c2)cc1.